The summed E-state index contributed by atoms with van der Waals surface area (Å²) in [5, 5.41) is 0.705. The van der Waals surface area contributed by atoms with E-state index in [9.17, 15) is 4.39 Å². The zero-order valence-electron chi connectivity index (χ0n) is 8.94. The molecule has 0 aromatic heterocycles. The first-order chi connectivity index (χ1) is 8.24. The molecule has 0 saturated carbocycles. The topological polar surface area (TPSA) is 12.5 Å². The molecule has 1 fully saturated rings. The Morgan fingerprint density at radius 3 is 2.35 bits per heavy atom. The van der Waals surface area contributed by atoms with Crippen LogP contribution in [0.4, 0.5) is 4.39 Å². The van der Waals surface area contributed by atoms with E-state index in [-0.39, 0.29) is 18.0 Å². The van der Waals surface area contributed by atoms with Gasteiger partial charge in [-0.05, 0) is 35.4 Å². The van der Waals surface area contributed by atoms with E-state index >= 15 is 0 Å². The predicted octanol–water partition coefficient (Wildman–Crippen LogP) is 4.29. The summed E-state index contributed by atoms with van der Waals surface area (Å²) in [6, 6.07) is 14.1. The van der Waals surface area contributed by atoms with Crippen molar-refractivity contribution in [3.05, 3.63) is 70.5 Å². The van der Waals surface area contributed by atoms with Crippen LogP contribution < -0.4 is 0 Å². The molecule has 1 heterocycles. The van der Waals surface area contributed by atoms with Gasteiger partial charge in [0, 0.05) is 5.02 Å². The average Bonchev–Trinajstić information content (AvgIpc) is 3.10. The third-order valence-corrected chi connectivity index (χ3v) is 3.12. The van der Waals surface area contributed by atoms with Gasteiger partial charge in [0.1, 0.15) is 18.0 Å². The van der Waals surface area contributed by atoms with Crippen molar-refractivity contribution in [2.45, 2.75) is 12.2 Å². The lowest BCUT2D eigenvalue weighted by atomic mass is 10.0. The van der Waals surface area contributed by atoms with Gasteiger partial charge in [-0.15, -0.1) is 0 Å². The number of epoxide rings is 1. The maximum absolute atomic E-state index is 13.1. The summed E-state index contributed by atoms with van der Waals surface area (Å²) < 4.78 is 18.6. The molecule has 0 unspecified atom stereocenters. The molecule has 0 amide bonds. The van der Waals surface area contributed by atoms with Crippen molar-refractivity contribution in [2.24, 2.45) is 0 Å². The zero-order valence-corrected chi connectivity index (χ0v) is 9.69. The van der Waals surface area contributed by atoms with Crippen molar-refractivity contribution < 1.29 is 9.13 Å². The fourth-order valence-corrected chi connectivity index (χ4v) is 2.08. The second-order valence-corrected chi connectivity index (χ2v) is 4.52. The van der Waals surface area contributed by atoms with Crippen LogP contribution in [-0.4, -0.2) is 0 Å². The summed E-state index contributed by atoms with van der Waals surface area (Å²) in [5.41, 5.74) is 1.95. The summed E-state index contributed by atoms with van der Waals surface area (Å²) in [5.74, 6) is -0.229. The Kier molecular flexibility index (Phi) is 2.61. The van der Waals surface area contributed by atoms with Gasteiger partial charge in [-0.2, -0.15) is 0 Å². The number of halogens is 2. The van der Waals surface area contributed by atoms with E-state index in [2.05, 4.69) is 0 Å². The zero-order chi connectivity index (χ0) is 11.8. The molecule has 17 heavy (non-hydrogen) atoms. The van der Waals surface area contributed by atoms with Crippen LogP contribution in [0.2, 0.25) is 5.02 Å². The third-order valence-electron chi connectivity index (χ3n) is 2.87. The molecule has 0 N–H and O–H groups in total. The molecule has 2 aromatic carbocycles. The van der Waals surface area contributed by atoms with E-state index in [4.69, 9.17) is 16.3 Å². The third kappa shape index (κ3) is 2.19. The monoisotopic (exact) mass is 248 g/mol. The second kappa shape index (κ2) is 4.13. The molecule has 1 saturated heterocycles. The van der Waals surface area contributed by atoms with Gasteiger partial charge in [-0.3, -0.25) is 0 Å². The Hall–Kier alpha value is -1.38. The Morgan fingerprint density at radius 1 is 0.941 bits per heavy atom. The highest BCUT2D eigenvalue weighted by molar-refractivity contribution is 6.30. The number of hydrogen-bond acceptors (Lipinski definition) is 1. The summed E-state index contributed by atoms with van der Waals surface area (Å²) in [7, 11) is 0. The van der Waals surface area contributed by atoms with E-state index in [0.29, 0.717) is 5.02 Å². The van der Waals surface area contributed by atoms with Gasteiger partial charge in [-0.25, -0.2) is 4.39 Å². The van der Waals surface area contributed by atoms with Crippen LogP contribution in [0.3, 0.4) is 0 Å². The Morgan fingerprint density at radius 2 is 1.65 bits per heavy atom. The van der Waals surface area contributed by atoms with Gasteiger partial charge >= 0.3 is 0 Å². The number of rotatable bonds is 2. The molecule has 0 radical (unpaired) electrons. The van der Waals surface area contributed by atoms with Crippen molar-refractivity contribution in [1.82, 2.24) is 0 Å². The van der Waals surface area contributed by atoms with Crippen LogP contribution >= 0.6 is 11.6 Å². The van der Waals surface area contributed by atoms with Gasteiger partial charge in [0.2, 0.25) is 0 Å². The lowest BCUT2D eigenvalue weighted by Crippen LogP contribution is -1.85. The largest absolute Gasteiger partial charge is 0.359 e. The van der Waals surface area contributed by atoms with Crippen LogP contribution in [0.25, 0.3) is 0 Å². The molecule has 1 aliphatic heterocycles. The molecule has 0 spiro atoms. The molecule has 3 heteroatoms. The molecule has 0 bridgehead atoms. The first-order valence-corrected chi connectivity index (χ1v) is 5.78. The standard InChI is InChI=1S/C14H10ClFO/c15-11-6-4-9(5-7-11)13-14(17-13)10-2-1-3-12(16)8-10/h1-8,13-14H/t13-,14-/m0/s1. The molecule has 3 rings (SSSR count). The highest BCUT2D eigenvalue weighted by Gasteiger charge is 2.41. The van der Waals surface area contributed by atoms with Gasteiger partial charge in [0.15, 0.2) is 0 Å². The molecule has 0 aliphatic carbocycles. The van der Waals surface area contributed by atoms with Gasteiger partial charge in [-0.1, -0.05) is 35.9 Å². The number of hydrogen-bond donors (Lipinski definition) is 0. The number of ether oxygens (including phenoxy) is 1. The molecule has 2 atom stereocenters. The summed E-state index contributed by atoms with van der Waals surface area (Å²) in [6.07, 6.45) is -0.0130. The molecule has 2 aromatic rings. The Labute approximate surface area is 104 Å². The molecular formula is C14H10ClFO. The maximum atomic E-state index is 13.1. The average molecular weight is 249 g/mol. The lowest BCUT2D eigenvalue weighted by Gasteiger charge is -1.97. The number of benzene rings is 2. The van der Waals surface area contributed by atoms with Crippen LogP contribution in [0.1, 0.15) is 23.3 Å². The van der Waals surface area contributed by atoms with Crippen LogP contribution in [-0.2, 0) is 4.74 Å². The van der Waals surface area contributed by atoms with E-state index < -0.39 is 0 Å². The highest BCUT2D eigenvalue weighted by Crippen LogP contribution is 2.50. The van der Waals surface area contributed by atoms with Crippen molar-refractivity contribution in [1.29, 1.82) is 0 Å². The smallest absolute Gasteiger partial charge is 0.123 e. The van der Waals surface area contributed by atoms with Gasteiger partial charge in [0.05, 0.1) is 0 Å². The van der Waals surface area contributed by atoms with E-state index in [0.717, 1.165) is 11.1 Å². The Bertz CT molecular complexity index is 538. The maximum Gasteiger partial charge on any atom is 0.123 e. The fourth-order valence-electron chi connectivity index (χ4n) is 1.96. The first-order valence-electron chi connectivity index (χ1n) is 5.40. The quantitative estimate of drug-likeness (QED) is 0.722. The summed E-state index contributed by atoms with van der Waals surface area (Å²) >= 11 is 5.82. The second-order valence-electron chi connectivity index (χ2n) is 4.08. The first kappa shape index (κ1) is 10.8. The van der Waals surface area contributed by atoms with Gasteiger partial charge in [0.25, 0.3) is 0 Å². The molecule has 86 valence electrons. The summed E-state index contributed by atoms with van der Waals surface area (Å²) in [6.45, 7) is 0. The van der Waals surface area contributed by atoms with Crippen LogP contribution in [0.15, 0.2) is 48.5 Å². The van der Waals surface area contributed by atoms with Crippen molar-refractivity contribution in [3.8, 4) is 0 Å². The molecule has 1 aliphatic rings. The summed E-state index contributed by atoms with van der Waals surface area (Å²) in [4.78, 5) is 0. The predicted molar refractivity (Wildman–Crippen MR) is 64.4 cm³/mol. The minimum atomic E-state index is -0.229. The van der Waals surface area contributed by atoms with E-state index in [1.807, 2.05) is 30.3 Å². The molecular weight excluding hydrogens is 239 g/mol. The van der Waals surface area contributed by atoms with Crippen LogP contribution in [0.5, 0.6) is 0 Å². The van der Waals surface area contributed by atoms with Crippen molar-refractivity contribution in [3.63, 3.8) is 0 Å². The minimum absolute atomic E-state index is 0.0223. The Balaban J connectivity index is 1.80. The lowest BCUT2D eigenvalue weighted by molar-refractivity contribution is 0.377. The van der Waals surface area contributed by atoms with Crippen LogP contribution in [0, 0.1) is 5.82 Å². The van der Waals surface area contributed by atoms with E-state index in [1.54, 1.807) is 6.07 Å². The fraction of sp³-hybridized carbons (Fsp3) is 0.143. The highest BCUT2D eigenvalue weighted by atomic mass is 35.5. The minimum Gasteiger partial charge on any atom is -0.359 e. The normalized spacial score (nSPS) is 22.5. The SMILES string of the molecule is Fc1cccc([C@@H]2O[C@H]2c2ccc(Cl)cc2)c1. The van der Waals surface area contributed by atoms with Crippen molar-refractivity contribution in [2.75, 3.05) is 0 Å². The van der Waals surface area contributed by atoms with Crippen molar-refractivity contribution >= 4 is 11.6 Å². The van der Waals surface area contributed by atoms with Gasteiger partial charge < -0.3 is 4.74 Å². The molecule has 1 nitrogen and oxygen atoms in total. The van der Waals surface area contributed by atoms with E-state index in [1.165, 1.54) is 12.1 Å².